The van der Waals surface area contributed by atoms with Crippen molar-refractivity contribution in [3.8, 4) is 0 Å². The number of alkyl halides is 51. The van der Waals surface area contributed by atoms with Crippen molar-refractivity contribution >= 4 is 30.4 Å². The summed E-state index contributed by atoms with van der Waals surface area (Å²) < 4.78 is 732. The van der Waals surface area contributed by atoms with Crippen molar-refractivity contribution in [2.24, 2.45) is 0 Å². The second kappa shape index (κ2) is 23.2. The molecule has 0 aromatic heterocycles. The molecule has 531 valence electrons. The van der Waals surface area contributed by atoms with Crippen LogP contribution in [0, 0.1) is 40.4 Å². The van der Waals surface area contributed by atoms with Gasteiger partial charge >= 0.3 is 181 Å². The molecule has 0 unspecified atom stereocenters. The van der Waals surface area contributed by atoms with Gasteiger partial charge in [-0.25, -0.2) is 25.3 Å². The Hall–Kier alpha value is -2.50. The molecule has 64 heteroatoms. The summed E-state index contributed by atoms with van der Waals surface area (Å²) in [6.45, 7) is 0. The topological polar surface area (TPSA) is 172 Å². The minimum Gasteiger partial charge on any atom is -0.743 e. The van der Waals surface area contributed by atoms with Gasteiger partial charge in [-0.05, 0) is 0 Å². The van der Waals surface area contributed by atoms with E-state index in [-0.39, 0.29) is 40.4 Å². The molecule has 0 saturated heterocycles. The summed E-state index contributed by atoms with van der Waals surface area (Å²) in [5.74, 6) is -156. The van der Waals surface area contributed by atoms with Crippen LogP contribution in [0.2, 0.25) is 0 Å². The van der Waals surface area contributed by atoms with E-state index in [1.165, 1.54) is 0 Å². The van der Waals surface area contributed by atoms with E-state index in [0.717, 1.165) is 0 Å². The van der Waals surface area contributed by atoms with E-state index in [2.05, 4.69) is 0 Å². The Bertz CT molecular complexity index is 2500. The van der Waals surface area contributed by atoms with Gasteiger partial charge in [0.15, 0.2) is 30.4 Å². The molecule has 0 aliphatic heterocycles. The molecule has 0 spiro atoms. The Morgan fingerprint density at radius 2 is 0.216 bits per heavy atom. The van der Waals surface area contributed by atoms with Crippen molar-refractivity contribution in [1.29, 1.82) is 0 Å². The summed E-state index contributed by atoms with van der Waals surface area (Å²) in [5.41, 5.74) is 0. The maximum Gasteiger partial charge on any atom is 3.00 e. The molecule has 1 radical (unpaired) electrons. The summed E-state index contributed by atoms with van der Waals surface area (Å²) in [6.07, 6.45) is -23.7. The van der Waals surface area contributed by atoms with Crippen LogP contribution in [0.3, 0.4) is 0 Å². The zero-order valence-corrected chi connectivity index (χ0v) is 41.7. The zero-order chi connectivity index (χ0) is 73.5. The van der Waals surface area contributed by atoms with Gasteiger partial charge in [0.05, 0.1) is 0 Å². The first kappa shape index (κ1) is 91.9. The van der Waals surface area contributed by atoms with E-state index in [1.807, 2.05) is 0 Å². The molecule has 0 saturated carbocycles. The molecule has 0 aliphatic carbocycles. The van der Waals surface area contributed by atoms with Gasteiger partial charge in [-0.2, -0.15) is 224 Å². The average Bonchev–Trinajstić information content (AvgIpc) is 3.23. The first-order valence-electron chi connectivity index (χ1n) is 17.0. The van der Waals surface area contributed by atoms with Gasteiger partial charge in [0.1, 0.15) is 0 Å². The fourth-order valence-corrected chi connectivity index (χ4v) is 5.25. The predicted octanol–water partition coefficient (Wildman–Crippen LogP) is 13.5. The van der Waals surface area contributed by atoms with Gasteiger partial charge in [-0.3, -0.25) is 0 Å². The molecular formula is C24F51O9S3Sm. The third-order valence-electron chi connectivity index (χ3n) is 9.02. The van der Waals surface area contributed by atoms with E-state index < -0.39 is 171 Å². The van der Waals surface area contributed by atoms with Crippen molar-refractivity contribution < 1.29 is 303 Å². The molecule has 0 heterocycles. The minimum atomic E-state index is -8.92. The van der Waals surface area contributed by atoms with Gasteiger partial charge in [0.25, 0.3) is 0 Å². The quantitative estimate of drug-likeness (QED) is 0.0801. The van der Waals surface area contributed by atoms with Crippen LogP contribution in [-0.4, -0.2) is 180 Å². The van der Waals surface area contributed by atoms with Crippen molar-refractivity contribution in [2.75, 3.05) is 0 Å². The first-order chi connectivity index (χ1) is 36.0. The van der Waals surface area contributed by atoms with E-state index in [9.17, 15) is 263 Å². The van der Waals surface area contributed by atoms with Crippen LogP contribution in [0.4, 0.5) is 224 Å². The van der Waals surface area contributed by atoms with Crippen LogP contribution >= 0.6 is 0 Å². The van der Waals surface area contributed by atoms with Crippen LogP contribution in [0.15, 0.2) is 0 Å². The van der Waals surface area contributed by atoms with Crippen LogP contribution in [0.25, 0.3) is 0 Å². The Balaban J connectivity index is -0.000000598. The molecule has 0 rings (SSSR count). The van der Waals surface area contributed by atoms with Gasteiger partial charge in [-0.15, -0.1) is 0 Å². The van der Waals surface area contributed by atoms with Crippen molar-refractivity contribution in [2.45, 2.75) is 141 Å². The maximum absolute atomic E-state index is 13.0. The van der Waals surface area contributed by atoms with Crippen molar-refractivity contribution in [1.82, 2.24) is 0 Å². The van der Waals surface area contributed by atoms with E-state index >= 15 is 0 Å². The molecule has 0 atom stereocenters. The Kier molecular flexibility index (Phi) is 24.2. The summed E-state index contributed by atoms with van der Waals surface area (Å²) in [7, 11) is -24.4. The van der Waals surface area contributed by atoms with E-state index in [0.29, 0.717) is 0 Å². The number of hydrogen-bond donors (Lipinski definition) is 0. The molecule has 0 fully saturated rings. The summed E-state index contributed by atoms with van der Waals surface area (Å²) in [4.78, 5) is 0. The Morgan fingerprint density at radius 3 is 0.284 bits per heavy atom. The average molecular weight is 1650 g/mol. The predicted molar refractivity (Wildman–Crippen MR) is 151 cm³/mol. The first-order valence-corrected chi connectivity index (χ1v) is 21.2. The minimum absolute atomic E-state index is 0. The second-order valence-corrected chi connectivity index (χ2v) is 19.0. The summed E-state index contributed by atoms with van der Waals surface area (Å²) in [5, 5.41) is -23.9. The number of hydrogen-bond acceptors (Lipinski definition) is 9. The van der Waals surface area contributed by atoms with Crippen molar-refractivity contribution in [3.63, 3.8) is 0 Å². The van der Waals surface area contributed by atoms with Gasteiger partial charge in [-0.1, -0.05) is 0 Å². The fraction of sp³-hybridized carbons (Fsp3) is 1.00. The molecule has 88 heavy (non-hydrogen) atoms. The van der Waals surface area contributed by atoms with E-state index in [1.54, 1.807) is 0 Å². The Morgan fingerprint density at radius 1 is 0.148 bits per heavy atom. The van der Waals surface area contributed by atoms with Crippen molar-refractivity contribution in [3.05, 3.63) is 0 Å². The van der Waals surface area contributed by atoms with Crippen LogP contribution in [-0.2, 0) is 30.4 Å². The zero-order valence-electron chi connectivity index (χ0n) is 36.6. The third kappa shape index (κ3) is 12.5. The molecule has 0 N–H and O–H groups in total. The van der Waals surface area contributed by atoms with Crippen LogP contribution in [0.5, 0.6) is 0 Å². The fourth-order valence-electron chi connectivity index (χ4n) is 3.92. The van der Waals surface area contributed by atoms with Gasteiger partial charge < -0.3 is 13.7 Å². The van der Waals surface area contributed by atoms with Crippen LogP contribution in [0.1, 0.15) is 0 Å². The molecule has 0 aromatic carbocycles. The normalized spacial score (nSPS) is 16.7. The standard InChI is InChI=1S/3C8HF17O3S.Sm/c3*9-1(10,3(13,14)5(17,18)7(21,22)23)2(11,12)4(15,16)6(19,20)8(24,25)29(26,27)28;/h3*(H,26,27,28);/q;;;+3/p-3. The smallest absolute Gasteiger partial charge is 0.743 e. The second-order valence-electron chi connectivity index (χ2n) is 14.7. The Labute approximate surface area is 473 Å². The molecule has 0 bridgehead atoms. The van der Waals surface area contributed by atoms with Gasteiger partial charge in [0.2, 0.25) is 0 Å². The number of halogens is 51. The van der Waals surface area contributed by atoms with Gasteiger partial charge in [0, 0.05) is 0 Å². The molecular weight excluding hydrogens is 1650 g/mol. The largest absolute Gasteiger partial charge is 3.00 e. The SMILES string of the molecule is O=S(=O)([O-])C(F)(F)C(F)(F)C(F)(F)C(F)(F)C(F)(F)C(F)(F)C(F)(F)C(F)(F)F.O=S(=O)([O-])C(F)(F)C(F)(F)C(F)(F)C(F)(F)C(F)(F)C(F)(F)C(F)(F)C(F)(F)F.O=S(=O)([O-])C(F)(F)C(F)(F)C(F)(F)C(F)(F)C(F)(F)C(F)(F)C(F)(F)C(F)(F)F.[Sm+3]. The third-order valence-corrected chi connectivity index (χ3v) is 11.7. The van der Waals surface area contributed by atoms with E-state index in [4.69, 9.17) is 0 Å². The summed E-state index contributed by atoms with van der Waals surface area (Å²) in [6, 6.07) is 0. The maximum atomic E-state index is 13.0. The van der Waals surface area contributed by atoms with Crippen LogP contribution < -0.4 is 0 Å². The summed E-state index contributed by atoms with van der Waals surface area (Å²) >= 11 is 0. The molecule has 9 nitrogen and oxygen atoms in total. The number of rotatable bonds is 21. The molecule has 0 aromatic rings. The monoisotopic (exact) mass is 1650 g/mol. The molecule has 0 aliphatic rings. The molecule has 0 amide bonds.